The fraction of sp³-hybridized carbons (Fsp3) is 0.0588. The summed E-state index contributed by atoms with van der Waals surface area (Å²) in [6, 6.07) is 12.2. The van der Waals surface area contributed by atoms with E-state index < -0.39 is 10.8 Å². The van der Waals surface area contributed by atoms with E-state index in [0.717, 1.165) is 11.3 Å². The predicted octanol–water partition coefficient (Wildman–Crippen LogP) is 4.28. The molecule has 1 amide bonds. The molecule has 0 spiro atoms. The first-order valence-corrected chi connectivity index (χ1v) is 8.92. The van der Waals surface area contributed by atoms with Crippen LogP contribution in [0.3, 0.4) is 0 Å². The van der Waals surface area contributed by atoms with Crippen LogP contribution in [0.15, 0.2) is 57.1 Å². The highest BCUT2D eigenvalue weighted by molar-refractivity contribution is 8.01. The molecule has 0 radical (unpaired) electrons. The van der Waals surface area contributed by atoms with Crippen LogP contribution in [-0.2, 0) is 0 Å². The lowest BCUT2D eigenvalue weighted by atomic mass is 10.1. The monoisotopic (exact) mass is 371 g/mol. The van der Waals surface area contributed by atoms with Crippen molar-refractivity contribution in [2.75, 3.05) is 0 Å². The van der Waals surface area contributed by atoms with Gasteiger partial charge in [0.05, 0.1) is 15.5 Å². The van der Waals surface area contributed by atoms with Crippen LogP contribution in [0.4, 0.5) is 5.69 Å². The number of benzene rings is 2. The Balaban J connectivity index is 1.89. The fourth-order valence-electron chi connectivity index (χ4n) is 2.15. The van der Waals surface area contributed by atoms with Gasteiger partial charge >= 0.3 is 0 Å². The SMILES string of the molecule is Cc1ccc(-c2csc(Sc3ccc(C(N)=O)cc3[N+](=O)[O-])n2)cc1. The number of primary amides is 1. The molecule has 0 saturated carbocycles. The zero-order chi connectivity index (χ0) is 18.0. The molecule has 0 atom stereocenters. The number of nitrogens with two attached hydrogens (primary N) is 1. The van der Waals surface area contributed by atoms with Crippen molar-refractivity contribution in [3.8, 4) is 11.3 Å². The van der Waals surface area contributed by atoms with Crippen molar-refractivity contribution in [1.82, 2.24) is 4.98 Å². The van der Waals surface area contributed by atoms with Gasteiger partial charge < -0.3 is 5.73 Å². The molecule has 0 bridgehead atoms. The van der Waals surface area contributed by atoms with Crippen LogP contribution in [0.5, 0.6) is 0 Å². The molecule has 25 heavy (non-hydrogen) atoms. The molecule has 0 fully saturated rings. The number of nitro groups is 1. The lowest BCUT2D eigenvalue weighted by molar-refractivity contribution is -0.387. The van der Waals surface area contributed by atoms with Gasteiger partial charge in [-0.3, -0.25) is 14.9 Å². The molecule has 3 aromatic rings. The van der Waals surface area contributed by atoms with Gasteiger partial charge in [0, 0.05) is 22.6 Å². The van der Waals surface area contributed by atoms with Crippen LogP contribution >= 0.6 is 23.1 Å². The molecule has 0 aliphatic rings. The number of thiazole rings is 1. The second-order valence-corrected chi connectivity index (χ2v) is 7.42. The number of nitro benzene ring substituents is 1. The maximum atomic E-state index is 11.3. The van der Waals surface area contributed by atoms with Crippen molar-refractivity contribution in [1.29, 1.82) is 0 Å². The average molecular weight is 371 g/mol. The fourth-order valence-corrected chi connectivity index (χ4v) is 4.02. The topological polar surface area (TPSA) is 99.1 Å². The van der Waals surface area contributed by atoms with Crippen molar-refractivity contribution in [2.24, 2.45) is 5.73 Å². The molecule has 6 nitrogen and oxygen atoms in total. The normalized spacial score (nSPS) is 10.6. The second-order valence-electron chi connectivity index (χ2n) is 5.27. The number of aryl methyl sites for hydroxylation is 1. The number of nitrogens with zero attached hydrogens (tertiary/aromatic N) is 2. The molecule has 2 aromatic carbocycles. The number of amides is 1. The van der Waals surface area contributed by atoms with Crippen LogP contribution < -0.4 is 5.73 Å². The van der Waals surface area contributed by atoms with E-state index in [9.17, 15) is 14.9 Å². The van der Waals surface area contributed by atoms with E-state index in [0.29, 0.717) is 9.24 Å². The number of carbonyl (C=O) groups excluding carboxylic acids is 1. The van der Waals surface area contributed by atoms with Gasteiger partial charge in [-0.2, -0.15) is 0 Å². The Morgan fingerprint density at radius 3 is 2.60 bits per heavy atom. The first kappa shape index (κ1) is 17.1. The highest BCUT2D eigenvalue weighted by Gasteiger charge is 2.19. The Morgan fingerprint density at radius 1 is 1.24 bits per heavy atom. The summed E-state index contributed by atoms with van der Waals surface area (Å²) in [5, 5.41) is 13.2. The molecular weight excluding hydrogens is 358 g/mol. The maximum absolute atomic E-state index is 11.3. The first-order chi connectivity index (χ1) is 11.9. The van der Waals surface area contributed by atoms with Crippen LogP contribution in [-0.4, -0.2) is 15.8 Å². The number of hydrogen-bond acceptors (Lipinski definition) is 6. The molecule has 0 saturated heterocycles. The number of aromatic nitrogens is 1. The molecule has 2 N–H and O–H groups in total. The molecule has 0 unspecified atom stereocenters. The molecule has 8 heteroatoms. The summed E-state index contributed by atoms with van der Waals surface area (Å²) in [5.74, 6) is -0.699. The van der Waals surface area contributed by atoms with Gasteiger partial charge in [-0.25, -0.2) is 4.98 Å². The van der Waals surface area contributed by atoms with E-state index in [-0.39, 0.29) is 11.3 Å². The summed E-state index contributed by atoms with van der Waals surface area (Å²) in [5.41, 5.74) is 8.11. The van der Waals surface area contributed by atoms with Gasteiger partial charge in [0.2, 0.25) is 5.91 Å². The maximum Gasteiger partial charge on any atom is 0.284 e. The summed E-state index contributed by atoms with van der Waals surface area (Å²) >= 11 is 2.61. The highest BCUT2D eigenvalue weighted by Crippen LogP contribution is 2.38. The van der Waals surface area contributed by atoms with E-state index in [1.54, 1.807) is 0 Å². The van der Waals surface area contributed by atoms with Gasteiger partial charge in [0.1, 0.15) is 0 Å². The van der Waals surface area contributed by atoms with Crippen molar-refractivity contribution in [3.63, 3.8) is 0 Å². The Kier molecular flexibility index (Phi) is 4.82. The Bertz CT molecular complexity index is 952. The van der Waals surface area contributed by atoms with Crippen molar-refractivity contribution >= 4 is 34.7 Å². The van der Waals surface area contributed by atoms with Crippen LogP contribution in [0, 0.1) is 17.0 Å². The van der Waals surface area contributed by atoms with Crippen LogP contribution in [0.25, 0.3) is 11.3 Å². The quantitative estimate of drug-likeness (QED) is 0.533. The zero-order valence-electron chi connectivity index (χ0n) is 13.1. The summed E-state index contributed by atoms with van der Waals surface area (Å²) in [6.07, 6.45) is 0. The van der Waals surface area contributed by atoms with Gasteiger partial charge in [0.25, 0.3) is 5.69 Å². The molecule has 126 valence electrons. The molecule has 3 rings (SSSR count). The van der Waals surface area contributed by atoms with Gasteiger partial charge in [-0.05, 0) is 19.1 Å². The summed E-state index contributed by atoms with van der Waals surface area (Å²) < 4.78 is 0.686. The smallest absolute Gasteiger partial charge is 0.284 e. The van der Waals surface area contributed by atoms with Gasteiger partial charge in [-0.15, -0.1) is 11.3 Å². The number of rotatable bonds is 5. The second kappa shape index (κ2) is 7.04. The standard InChI is InChI=1S/C17H13N3O3S2/c1-10-2-4-11(5-3-10)13-9-24-17(19-13)25-15-7-6-12(16(18)21)8-14(15)20(22)23/h2-9H,1H3,(H2,18,21). The third kappa shape index (κ3) is 3.86. The van der Waals surface area contributed by atoms with E-state index in [4.69, 9.17) is 5.73 Å². The van der Waals surface area contributed by atoms with E-state index in [2.05, 4.69) is 4.98 Å². The minimum Gasteiger partial charge on any atom is -0.366 e. The lowest BCUT2D eigenvalue weighted by Crippen LogP contribution is -2.11. The van der Waals surface area contributed by atoms with Gasteiger partial charge in [-0.1, -0.05) is 41.6 Å². The molecule has 0 aliphatic heterocycles. The highest BCUT2D eigenvalue weighted by atomic mass is 32.2. The Labute approximate surface area is 151 Å². The molecule has 0 aliphatic carbocycles. The van der Waals surface area contributed by atoms with Crippen LogP contribution in [0.1, 0.15) is 15.9 Å². The number of carbonyl (C=O) groups is 1. The van der Waals surface area contributed by atoms with E-state index in [1.807, 2.05) is 36.6 Å². The Hall–Kier alpha value is -2.71. The summed E-state index contributed by atoms with van der Waals surface area (Å²) in [6.45, 7) is 2.01. The van der Waals surface area contributed by atoms with Crippen molar-refractivity contribution in [3.05, 3.63) is 69.1 Å². The minimum absolute atomic E-state index is 0.107. The van der Waals surface area contributed by atoms with Crippen molar-refractivity contribution in [2.45, 2.75) is 16.2 Å². The molecule has 1 aromatic heterocycles. The largest absolute Gasteiger partial charge is 0.366 e. The summed E-state index contributed by atoms with van der Waals surface area (Å²) in [4.78, 5) is 26.9. The zero-order valence-corrected chi connectivity index (χ0v) is 14.8. The Morgan fingerprint density at radius 2 is 1.96 bits per heavy atom. The number of hydrogen-bond donors (Lipinski definition) is 1. The van der Waals surface area contributed by atoms with E-state index >= 15 is 0 Å². The third-order valence-electron chi connectivity index (χ3n) is 3.47. The average Bonchev–Trinajstić information content (AvgIpc) is 3.04. The molecular formula is C17H13N3O3S2. The summed E-state index contributed by atoms with van der Waals surface area (Å²) in [7, 11) is 0. The lowest BCUT2D eigenvalue weighted by Gasteiger charge is -2.02. The van der Waals surface area contributed by atoms with Crippen LogP contribution in [0.2, 0.25) is 0 Å². The third-order valence-corrected chi connectivity index (χ3v) is 5.47. The first-order valence-electron chi connectivity index (χ1n) is 7.22. The van der Waals surface area contributed by atoms with E-state index in [1.165, 1.54) is 46.9 Å². The predicted molar refractivity (Wildman–Crippen MR) is 98.0 cm³/mol. The minimum atomic E-state index is -0.699. The van der Waals surface area contributed by atoms with Gasteiger partial charge in [0.15, 0.2) is 4.34 Å². The molecule has 1 heterocycles. The van der Waals surface area contributed by atoms with Crippen molar-refractivity contribution < 1.29 is 9.72 Å².